The molecule has 1 aromatic carbocycles. The second kappa shape index (κ2) is 5.83. The van der Waals surface area contributed by atoms with Crippen molar-refractivity contribution in [2.75, 3.05) is 0 Å². The Morgan fingerprint density at radius 1 is 1.21 bits per heavy atom. The Kier molecular flexibility index (Phi) is 4.15. The van der Waals surface area contributed by atoms with Gasteiger partial charge in [0.15, 0.2) is 5.78 Å². The molecule has 3 heteroatoms. The molecule has 0 saturated carbocycles. The van der Waals surface area contributed by atoms with Crippen LogP contribution in [0.3, 0.4) is 0 Å². The van der Waals surface area contributed by atoms with Gasteiger partial charge in [0, 0.05) is 30.3 Å². The lowest BCUT2D eigenvalue weighted by Crippen LogP contribution is -1.96. The molecule has 1 aromatic heterocycles. The second-order valence-electron chi connectivity index (χ2n) is 4.75. The van der Waals surface area contributed by atoms with Gasteiger partial charge in [-0.3, -0.25) is 9.48 Å². The Labute approximate surface area is 114 Å². The van der Waals surface area contributed by atoms with Crippen LogP contribution >= 0.6 is 0 Å². The number of Topliss-reactive ketones (excluding diaryl/α,β-unsaturated/α-hetero) is 1. The number of hydrogen-bond donors (Lipinski definition) is 0. The molecule has 2 rings (SSSR count). The van der Waals surface area contributed by atoms with Gasteiger partial charge < -0.3 is 0 Å². The van der Waals surface area contributed by atoms with Gasteiger partial charge >= 0.3 is 0 Å². The number of benzene rings is 1. The third kappa shape index (κ3) is 2.92. The number of carbonyl (C=O) groups is 1. The largest absolute Gasteiger partial charge is 0.294 e. The molecular formula is C16H20N2O. The molecule has 0 N–H and O–H groups in total. The number of aryl methyl sites for hydroxylation is 2. The first-order valence-corrected chi connectivity index (χ1v) is 6.83. The van der Waals surface area contributed by atoms with Crippen molar-refractivity contribution in [1.29, 1.82) is 0 Å². The van der Waals surface area contributed by atoms with Crippen LogP contribution in [0.4, 0.5) is 0 Å². The summed E-state index contributed by atoms with van der Waals surface area (Å²) in [4.78, 5) is 11.6. The van der Waals surface area contributed by atoms with Crippen LogP contribution in [0.25, 0.3) is 11.1 Å². The molecule has 0 amide bonds. The van der Waals surface area contributed by atoms with Crippen molar-refractivity contribution in [1.82, 2.24) is 9.78 Å². The minimum atomic E-state index is 0.185. The normalized spacial score (nSPS) is 10.7. The molecule has 100 valence electrons. The molecule has 0 spiro atoms. The van der Waals surface area contributed by atoms with Crippen molar-refractivity contribution in [3.05, 3.63) is 41.7 Å². The number of aromatic nitrogens is 2. The monoisotopic (exact) mass is 256 g/mol. The summed E-state index contributed by atoms with van der Waals surface area (Å²) in [5.74, 6) is 0.185. The van der Waals surface area contributed by atoms with Gasteiger partial charge in [0.1, 0.15) is 0 Å². The molecule has 0 radical (unpaired) electrons. The van der Waals surface area contributed by atoms with Crippen LogP contribution in [0.15, 0.2) is 30.5 Å². The fourth-order valence-corrected chi connectivity index (χ4v) is 2.18. The highest BCUT2D eigenvalue weighted by Gasteiger charge is 2.08. The van der Waals surface area contributed by atoms with Crippen LogP contribution in [-0.2, 0) is 6.54 Å². The summed E-state index contributed by atoms with van der Waals surface area (Å²) in [5.41, 5.74) is 4.07. The third-order valence-electron chi connectivity index (χ3n) is 3.24. The van der Waals surface area contributed by atoms with Crippen LogP contribution in [0.5, 0.6) is 0 Å². The summed E-state index contributed by atoms with van der Waals surface area (Å²) in [6.45, 7) is 6.98. The fraction of sp³-hybridized carbons (Fsp3) is 0.375. The summed E-state index contributed by atoms with van der Waals surface area (Å²) in [6, 6.07) is 7.81. The third-order valence-corrected chi connectivity index (χ3v) is 3.24. The van der Waals surface area contributed by atoms with E-state index in [2.05, 4.69) is 18.2 Å². The van der Waals surface area contributed by atoms with E-state index in [1.165, 1.54) is 0 Å². The number of nitrogens with zero attached hydrogens (tertiary/aromatic N) is 2. The van der Waals surface area contributed by atoms with Crippen LogP contribution in [-0.4, -0.2) is 15.6 Å². The average molecular weight is 256 g/mol. The topological polar surface area (TPSA) is 34.9 Å². The van der Waals surface area contributed by atoms with Crippen molar-refractivity contribution in [2.24, 2.45) is 0 Å². The molecule has 0 aliphatic carbocycles. The maximum absolute atomic E-state index is 11.6. The predicted molar refractivity (Wildman–Crippen MR) is 77.3 cm³/mol. The summed E-state index contributed by atoms with van der Waals surface area (Å²) in [6.07, 6.45) is 3.70. The highest BCUT2D eigenvalue weighted by atomic mass is 16.1. The standard InChI is InChI=1S/C16H20N2O/c1-4-10-18-11-15(12(3)17-18)13-6-8-14(9-7-13)16(19)5-2/h6-9,11H,4-5,10H2,1-3H3. The summed E-state index contributed by atoms with van der Waals surface area (Å²) in [5, 5.41) is 4.50. The van der Waals surface area contributed by atoms with Gasteiger partial charge in [-0.15, -0.1) is 0 Å². The lowest BCUT2D eigenvalue weighted by molar-refractivity contribution is 0.0988. The maximum Gasteiger partial charge on any atom is 0.162 e. The Bertz CT molecular complexity index is 567. The first-order valence-electron chi connectivity index (χ1n) is 6.83. The van der Waals surface area contributed by atoms with Crippen LogP contribution in [0.2, 0.25) is 0 Å². The van der Waals surface area contributed by atoms with Crippen molar-refractivity contribution in [3.8, 4) is 11.1 Å². The average Bonchev–Trinajstić information content (AvgIpc) is 2.79. The lowest BCUT2D eigenvalue weighted by Gasteiger charge is -2.01. The molecule has 19 heavy (non-hydrogen) atoms. The van der Waals surface area contributed by atoms with Gasteiger partial charge in [-0.2, -0.15) is 5.10 Å². The van der Waals surface area contributed by atoms with E-state index in [9.17, 15) is 4.79 Å². The fourth-order valence-electron chi connectivity index (χ4n) is 2.18. The highest BCUT2D eigenvalue weighted by molar-refractivity contribution is 5.96. The number of carbonyl (C=O) groups excluding carboxylic acids is 1. The molecule has 1 heterocycles. The minimum absolute atomic E-state index is 0.185. The van der Waals surface area contributed by atoms with Gasteiger partial charge in [0.25, 0.3) is 0 Å². The molecule has 0 unspecified atom stereocenters. The van der Waals surface area contributed by atoms with Gasteiger partial charge in [-0.05, 0) is 18.9 Å². The van der Waals surface area contributed by atoms with Crippen LogP contribution in [0.1, 0.15) is 42.7 Å². The van der Waals surface area contributed by atoms with Crippen LogP contribution in [0, 0.1) is 6.92 Å². The Morgan fingerprint density at radius 2 is 1.89 bits per heavy atom. The molecule has 3 nitrogen and oxygen atoms in total. The van der Waals surface area contributed by atoms with E-state index in [0.29, 0.717) is 6.42 Å². The van der Waals surface area contributed by atoms with Gasteiger partial charge in [0.05, 0.1) is 5.69 Å². The highest BCUT2D eigenvalue weighted by Crippen LogP contribution is 2.23. The maximum atomic E-state index is 11.6. The van der Waals surface area contributed by atoms with E-state index in [0.717, 1.165) is 35.3 Å². The molecule has 0 fully saturated rings. The van der Waals surface area contributed by atoms with Crippen molar-refractivity contribution >= 4 is 5.78 Å². The first kappa shape index (κ1) is 13.5. The van der Waals surface area contributed by atoms with E-state index in [1.54, 1.807) is 0 Å². The molecule has 0 saturated heterocycles. The van der Waals surface area contributed by atoms with Crippen molar-refractivity contribution in [2.45, 2.75) is 40.2 Å². The quantitative estimate of drug-likeness (QED) is 0.761. The summed E-state index contributed by atoms with van der Waals surface area (Å²) in [7, 11) is 0. The smallest absolute Gasteiger partial charge is 0.162 e. The summed E-state index contributed by atoms with van der Waals surface area (Å²) >= 11 is 0. The molecule has 0 atom stereocenters. The Hall–Kier alpha value is -1.90. The van der Waals surface area contributed by atoms with E-state index in [4.69, 9.17) is 0 Å². The first-order chi connectivity index (χ1) is 9.15. The van der Waals surface area contributed by atoms with Crippen molar-refractivity contribution < 1.29 is 4.79 Å². The SMILES string of the molecule is CCCn1cc(-c2ccc(C(=O)CC)cc2)c(C)n1. The number of hydrogen-bond acceptors (Lipinski definition) is 2. The van der Waals surface area contributed by atoms with Crippen LogP contribution < -0.4 is 0 Å². The van der Waals surface area contributed by atoms with Gasteiger partial charge in [-0.1, -0.05) is 38.1 Å². The zero-order valence-corrected chi connectivity index (χ0v) is 11.8. The molecule has 0 aliphatic rings. The van der Waals surface area contributed by atoms with Gasteiger partial charge in [-0.25, -0.2) is 0 Å². The predicted octanol–water partition coefficient (Wildman–Crippen LogP) is 3.86. The Balaban J connectivity index is 2.29. The minimum Gasteiger partial charge on any atom is -0.294 e. The molecule has 2 aromatic rings. The van der Waals surface area contributed by atoms with E-state index < -0.39 is 0 Å². The van der Waals surface area contributed by atoms with Crippen molar-refractivity contribution in [3.63, 3.8) is 0 Å². The van der Waals surface area contributed by atoms with E-state index >= 15 is 0 Å². The Morgan fingerprint density at radius 3 is 2.47 bits per heavy atom. The van der Waals surface area contributed by atoms with E-state index in [1.807, 2.05) is 42.8 Å². The van der Waals surface area contributed by atoms with Gasteiger partial charge in [0.2, 0.25) is 0 Å². The van der Waals surface area contributed by atoms with E-state index in [-0.39, 0.29) is 5.78 Å². The lowest BCUT2D eigenvalue weighted by atomic mass is 10.0. The number of rotatable bonds is 5. The zero-order valence-electron chi connectivity index (χ0n) is 11.8. The molecule has 0 bridgehead atoms. The molecule has 0 aliphatic heterocycles. The summed E-state index contributed by atoms with van der Waals surface area (Å²) < 4.78 is 1.98. The number of ketones is 1. The second-order valence-corrected chi connectivity index (χ2v) is 4.75. The zero-order chi connectivity index (χ0) is 13.8. The molecular weight excluding hydrogens is 236 g/mol.